The summed E-state index contributed by atoms with van der Waals surface area (Å²) >= 11 is 0. The SMILES string of the molecule is Cc1ccccc1N=C1C=C(S(=O)Nc2ccccc2C)C(=O)C(S(=O)Nc2ccccc2C)=C1. The molecule has 0 heterocycles. The summed E-state index contributed by atoms with van der Waals surface area (Å²) in [5.41, 5.74) is 5.11. The number of allylic oxidation sites excluding steroid dienone is 4. The van der Waals surface area contributed by atoms with Crippen LogP contribution in [0.2, 0.25) is 0 Å². The fourth-order valence-corrected chi connectivity index (χ4v) is 5.57. The van der Waals surface area contributed by atoms with Crippen molar-refractivity contribution in [2.45, 2.75) is 20.8 Å². The molecule has 0 aliphatic heterocycles. The second-order valence-corrected chi connectivity index (χ2v) is 10.4. The summed E-state index contributed by atoms with van der Waals surface area (Å²) in [5, 5.41) is 0. The molecule has 0 fully saturated rings. The minimum Gasteiger partial charge on any atom is -0.301 e. The van der Waals surface area contributed by atoms with Gasteiger partial charge in [0.25, 0.3) is 0 Å². The first-order valence-electron chi connectivity index (χ1n) is 10.9. The van der Waals surface area contributed by atoms with Crippen LogP contribution in [0.3, 0.4) is 0 Å². The average Bonchev–Trinajstić information content (AvgIpc) is 2.84. The molecule has 6 nitrogen and oxygen atoms in total. The van der Waals surface area contributed by atoms with Crippen LogP contribution in [0.1, 0.15) is 16.7 Å². The van der Waals surface area contributed by atoms with Crippen LogP contribution in [0.5, 0.6) is 0 Å². The van der Waals surface area contributed by atoms with Crippen molar-refractivity contribution in [2.24, 2.45) is 4.99 Å². The van der Waals surface area contributed by atoms with E-state index in [2.05, 4.69) is 14.4 Å². The van der Waals surface area contributed by atoms with Crippen LogP contribution in [0.15, 0.2) is 99.8 Å². The number of ketones is 1. The Morgan fingerprint density at radius 1 is 0.629 bits per heavy atom. The quantitative estimate of drug-likeness (QED) is 0.412. The Balaban J connectivity index is 1.72. The number of rotatable bonds is 7. The van der Waals surface area contributed by atoms with E-state index in [0.29, 0.717) is 22.8 Å². The normalized spacial score (nSPS) is 15.1. The maximum atomic E-state index is 13.4. The number of Topliss-reactive ketones (excluding diaryl/α,β-unsaturated/α-hetero) is 1. The van der Waals surface area contributed by atoms with Crippen molar-refractivity contribution in [3.63, 3.8) is 0 Å². The highest BCUT2D eigenvalue weighted by atomic mass is 32.2. The van der Waals surface area contributed by atoms with E-state index in [1.54, 1.807) is 12.1 Å². The van der Waals surface area contributed by atoms with Gasteiger partial charge in [-0.1, -0.05) is 54.6 Å². The zero-order valence-electron chi connectivity index (χ0n) is 19.6. The molecule has 1 aliphatic carbocycles. The standard InChI is InChI=1S/C27H25N3O3S2/c1-18-10-4-7-13-22(18)28-21-16-25(34(32)29-23-14-8-5-11-19(23)2)27(31)26(17-21)35(33)30-24-15-9-6-12-20(24)3/h4-17,29-30H,1-3H3. The molecule has 0 aromatic heterocycles. The Morgan fingerprint density at radius 3 is 1.51 bits per heavy atom. The van der Waals surface area contributed by atoms with Gasteiger partial charge in [-0.25, -0.2) is 13.4 Å². The molecule has 0 amide bonds. The second-order valence-electron chi connectivity index (χ2n) is 8.04. The molecule has 0 spiro atoms. The van der Waals surface area contributed by atoms with Crippen LogP contribution >= 0.6 is 0 Å². The van der Waals surface area contributed by atoms with E-state index in [0.717, 1.165) is 16.7 Å². The zero-order valence-corrected chi connectivity index (χ0v) is 21.2. The molecule has 0 radical (unpaired) electrons. The van der Waals surface area contributed by atoms with E-state index < -0.39 is 27.8 Å². The lowest BCUT2D eigenvalue weighted by Gasteiger charge is -2.17. The van der Waals surface area contributed by atoms with Gasteiger partial charge in [-0.05, 0) is 67.8 Å². The number of aryl methyl sites for hydroxylation is 3. The van der Waals surface area contributed by atoms with Gasteiger partial charge < -0.3 is 9.44 Å². The third-order valence-corrected chi connectivity index (χ3v) is 7.68. The van der Waals surface area contributed by atoms with E-state index in [1.807, 2.05) is 81.4 Å². The number of carbonyl (C=O) groups excluding carboxylic acids is 1. The number of nitrogens with zero attached hydrogens (tertiary/aromatic N) is 1. The zero-order chi connectivity index (χ0) is 24.9. The third-order valence-electron chi connectivity index (χ3n) is 5.47. The lowest BCUT2D eigenvalue weighted by Crippen LogP contribution is -2.25. The van der Waals surface area contributed by atoms with Gasteiger partial charge in [-0.2, -0.15) is 0 Å². The first kappa shape index (κ1) is 24.5. The fraction of sp³-hybridized carbons (Fsp3) is 0.111. The Bertz CT molecular complexity index is 1360. The summed E-state index contributed by atoms with van der Waals surface area (Å²) < 4.78 is 32.4. The van der Waals surface area contributed by atoms with E-state index >= 15 is 0 Å². The Morgan fingerprint density at radius 2 is 1.06 bits per heavy atom. The molecule has 2 unspecified atom stereocenters. The van der Waals surface area contributed by atoms with Gasteiger partial charge >= 0.3 is 0 Å². The summed E-state index contributed by atoms with van der Waals surface area (Å²) in [7, 11) is -3.78. The van der Waals surface area contributed by atoms with Crippen molar-refractivity contribution < 1.29 is 13.2 Å². The highest BCUT2D eigenvalue weighted by Gasteiger charge is 2.30. The van der Waals surface area contributed by atoms with Crippen LogP contribution in [-0.2, 0) is 26.8 Å². The predicted octanol–water partition coefficient (Wildman–Crippen LogP) is 5.59. The molecule has 2 atom stereocenters. The average molecular weight is 504 g/mol. The fourth-order valence-electron chi connectivity index (χ4n) is 3.42. The lowest BCUT2D eigenvalue weighted by atomic mass is 10.1. The summed E-state index contributed by atoms with van der Waals surface area (Å²) in [6, 6.07) is 22.3. The van der Waals surface area contributed by atoms with E-state index in [-0.39, 0.29) is 9.81 Å². The van der Waals surface area contributed by atoms with Gasteiger partial charge in [0.2, 0.25) is 5.78 Å². The van der Waals surface area contributed by atoms with Crippen LogP contribution in [0, 0.1) is 20.8 Å². The largest absolute Gasteiger partial charge is 0.301 e. The minimum atomic E-state index is -1.89. The molecule has 0 saturated heterocycles. The highest BCUT2D eigenvalue weighted by molar-refractivity contribution is 7.93. The highest BCUT2D eigenvalue weighted by Crippen LogP contribution is 2.26. The molecule has 2 N–H and O–H groups in total. The molecule has 3 aromatic rings. The number of para-hydroxylation sites is 3. The molecule has 178 valence electrons. The van der Waals surface area contributed by atoms with Crippen molar-refractivity contribution in [1.29, 1.82) is 0 Å². The Hall–Kier alpha value is -3.62. The van der Waals surface area contributed by atoms with Crippen LogP contribution < -0.4 is 9.44 Å². The molecule has 0 bridgehead atoms. The number of carbonyl (C=O) groups is 1. The predicted molar refractivity (Wildman–Crippen MR) is 145 cm³/mol. The molecular formula is C27H25N3O3S2. The van der Waals surface area contributed by atoms with Crippen LogP contribution in [-0.4, -0.2) is 19.9 Å². The molecule has 4 rings (SSSR count). The molecular weight excluding hydrogens is 478 g/mol. The van der Waals surface area contributed by atoms with E-state index in [9.17, 15) is 13.2 Å². The van der Waals surface area contributed by atoms with Gasteiger partial charge in [0.1, 0.15) is 9.81 Å². The van der Waals surface area contributed by atoms with Crippen molar-refractivity contribution in [3.05, 3.63) is 111 Å². The maximum absolute atomic E-state index is 13.4. The number of hydrogen-bond donors (Lipinski definition) is 2. The summed E-state index contributed by atoms with van der Waals surface area (Å²) in [6.45, 7) is 5.70. The monoisotopic (exact) mass is 503 g/mol. The number of nitrogens with one attached hydrogen (secondary N) is 2. The molecule has 3 aromatic carbocycles. The Labute approximate surface area is 210 Å². The summed E-state index contributed by atoms with van der Waals surface area (Å²) in [6.07, 6.45) is 2.98. The van der Waals surface area contributed by atoms with Crippen molar-refractivity contribution in [1.82, 2.24) is 0 Å². The topological polar surface area (TPSA) is 87.6 Å². The smallest absolute Gasteiger partial charge is 0.214 e. The first-order chi connectivity index (χ1) is 16.8. The summed E-state index contributed by atoms with van der Waals surface area (Å²) in [4.78, 5) is 18.0. The molecule has 1 aliphatic rings. The van der Waals surface area contributed by atoms with E-state index in [4.69, 9.17) is 0 Å². The molecule has 35 heavy (non-hydrogen) atoms. The van der Waals surface area contributed by atoms with Gasteiger partial charge in [0, 0.05) is 11.4 Å². The number of hydrogen-bond acceptors (Lipinski definition) is 4. The van der Waals surface area contributed by atoms with Gasteiger partial charge in [-0.15, -0.1) is 0 Å². The third kappa shape index (κ3) is 5.72. The Kier molecular flexibility index (Phi) is 7.53. The minimum absolute atomic E-state index is 0.0157. The van der Waals surface area contributed by atoms with Gasteiger partial charge in [-0.3, -0.25) is 4.79 Å². The second kappa shape index (κ2) is 10.8. The van der Waals surface area contributed by atoms with Crippen molar-refractivity contribution >= 4 is 50.5 Å². The van der Waals surface area contributed by atoms with Crippen LogP contribution in [0.4, 0.5) is 17.1 Å². The van der Waals surface area contributed by atoms with Crippen LogP contribution in [0.25, 0.3) is 0 Å². The summed E-state index contributed by atoms with van der Waals surface area (Å²) in [5.74, 6) is -0.562. The molecule has 8 heteroatoms. The van der Waals surface area contributed by atoms with Gasteiger partial charge in [0.05, 0.1) is 11.4 Å². The lowest BCUT2D eigenvalue weighted by molar-refractivity contribution is -0.111. The number of anilines is 2. The molecule has 0 saturated carbocycles. The van der Waals surface area contributed by atoms with E-state index in [1.165, 1.54) is 12.2 Å². The number of benzene rings is 3. The number of aliphatic imine (C=N–C) groups is 1. The van der Waals surface area contributed by atoms with Crippen molar-refractivity contribution in [3.8, 4) is 0 Å². The van der Waals surface area contributed by atoms with Crippen molar-refractivity contribution in [2.75, 3.05) is 9.44 Å². The first-order valence-corrected chi connectivity index (χ1v) is 13.2. The maximum Gasteiger partial charge on any atom is 0.214 e. The van der Waals surface area contributed by atoms with Gasteiger partial charge in [0.15, 0.2) is 22.0 Å².